The van der Waals surface area contributed by atoms with Gasteiger partial charge in [-0.05, 0) is 49.1 Å². The van der Waals surface area contributed by atoms with Gasteiger partial charge in [0, 0.05) is 13.0 Å². The maximum atomic E-state index is 13.4. The largest absolute Gasteiger partial charge is 0.497 e. The van der Waals surface area contributed by atoms with E-state index in [1.807, 2.05) is 51.1 Å². The number of hydrogen-bond acceptors (Lipinski definition) is 7. The molecule has 0 aliphatic heterocycles. The first kappa shape index (κ1) is 32.6. The number of carbonyl (C=O) groups excluding carboxylic acids is 2. The van der Waals surface area contributed by atoms with E-state index in [-0.39, 0.29) is 23.2 Å². The maximum absolute atomic E-state index is 13.4. The number of hydrogen-bond donors (Lipinski definition) is 4. The Hall–Kier alpha value is -2.66. The molecule has 216 valence electrons. The van der Waals surface area contributed by atoms with Crippen molar-refractivity contribution >= 4 is 33.3 Å². The van der Waals surface area contributed by atoms with Crippen LogP contribution in [0.15, 0.2) is 59.5 Å². The van der Waals surface area contributed by atoms with Gasteiger partial charge in [0.05, 0.1) is 29.0 Å². The first-order valence-electron chi connectivity index (χ1n) is 12.8. The monoisotopic (exact) mass is 581 g/mol. The van der Waals surface area contributed by atoms with E-state index >= 15 is 0 Å². The lowest BCUT2D eigenvalue weighted by Gasteiger charge is -2.39. The SMILES string of the molecule is CC[C@](Cc1ccccc1)(NC[C@@](C)(O)CS(=O)(=O)c1ccc(OC)cc1)NC(=O)[C@@H](NC(=O)CCl)C(C)C. The molecule has 0 saturated heterocycles. The van der Waals surface area contributed by atoms with Gasteiger partial charge in [0.15, 0.2) is 9.84 Å². The molecule has 0 spiro atoms. The van der Waals surface area contributed by atoms with Crippen molar-refractivity contribution in [2.75, 3.05) is 25.3 Å². The highest BCUT2D eigenvalue weighted by molar-refractivity contribution is 7.91. The van der Waals surface area contributed by atoms with Gasteiger partial charge in [0.25, 0.3) is 0 Å². The van der Waals surface area contributed by atoms with E-state index in [9.17, 15) is 23.1 Å². The number of nitrogens with one attached hydrogen (secondary N) is 3. The maximum Gasteiger partial charge on any atom is 0.244 e. The molecule has 0 aliphatic rings. The number of ether oxygens (including phenoxy) is 1. The molecule has 0 aliphatic carbocycles. The van der Waals surface area contributed by atoms with Crippen molar-refractivity contribution in [1.82, 2.24) is 16.0 Å². The second-order valence-electron chi connectivity index (χ2n) is 10.3. The summed E-state index contributed by atoms with van der Waals surface area (Å²) in [7, 11) is -2.34. The number of sulfone groups is 1. The Labute approximate surface area is 236 Å². The highest BCUT2D eigenvalue weighted by Crippen LogP contribution is 2.22. The van der Waals surface area contributed by atoms with Gasteiger partial charge in [-0.25, -0.2) is 8.42 Å². The lowest BCUT2D eigenvalue weighted by atomic mass is 9.94. The molecule has 0 radical (unpaired) electrons. The van der Waals surface area contributed by atoms with E-state index in [1.54, 1.807) is 12.1 Å². The number of benzene rings is 2. The molecule has 0 fully saturated rings. The summed E-state index contributed by atoms with van der Waals surface area (Å²) >= 11 is 5.65. The van der Waals surface area contributed by atoms with Gasteiger partial charge in [0.1, 0.15) is 17.7 Å². The summed E-state index contributed by atoms with van der Waals surface area (Å²) in [6.07, 6.45) is 0.759. The van der Waals surface area contributed by atoms with Crippen molar-refractivity contribution in [2.24, 2.45) is 5.92 Å². The van der Waals surface area contributed by atoms with Crippen LogP contribution < -0.4 is 20.7 Å². The minimum Gasteiger partial charge on any atom is -0.497 e. The van der Waals surface area contributed by atoms with Crippen LogP contribution in [-0.2, 0) is 25.8 Å². The van der Waals surface area contributed by atoms with Crippen molar-refractivity contribution in [3.63, 3.8) is 0 Å². The normalized spacial score (nSPS) is 15.6. The number of halogens is 1. The third kappa shape index (κ3) is 9.79. The lowest BCUT2D eigenvalue weighted by Crippen LogP contribution is -2.66. The summed E-state index contributed by atoms with van der Waals surface area (Å²) in [6.45, 7) is 6.80. The zero-order valence-corrected chi connectivity index (χ0v) is 24.7. The fourth-order valence-corrected chi connectivity index (χ4v) is 5.90. The van der Waals surface area contributed by atoms with E-state index in [0.717, 1.165) is 5.56 Å². The van der Waals surface area contributed by atoms with Crippen molar-refractivity contribution < 1.29 is 27.9 Å². The lowest BCUT2D eigenvalue weighted by molar-refractivity contribution is -0.131. The number of alkyl halides is 1. The van der Waals surface area contributed by atoms with Crippen LogP contribution in [0.1, 0.15) is 39.7 Å². The summed E-state index contributed by atoms with van der Waals surface area (Å²) in [6, 6.07) is 14.6. The Kier molecular flexibility index (Phi) is 11.8. The van der Waals surface area contributed by atoms with Gasteiger partial charge in [-0.15, -0.1) is 11.6 Å². The summed E-state index contributed by atoms with van der Waals surface area (Å²) in [5.41, 5.74) is -1.81. The molecular weight excluding hydrogens is 542 g/mol. The molecule has 0 bridgehead atoms. The molecule has 2 rings (SSSR count). The molecule has 0 saturated carbocycles. The Morgan fingerprint density at radius 1 is 1.08 bits per heavy atom. The van der Waals surface area contributed by atoms with Crippen LogP contribution in [0.5, 0.6) is 5.75 Å². The molecular formula is C28H40ClN3O6S. The quantitative estimate of drug-likeness (QED) is 0.188. The van der Waals surface area contributed by atoms with Crippen LogP contribution in [0, 0.1) is 5.92 Å². The number of carbonyl (C=O) groups is 2. The third-order valence-corrected chi connectivity index (χ3v) is 8.66. The van der Waals surface area contributed by atoms with Gasteiger partial charge in [-0.2, -0.15) is 0 Å². The zero-order valence-electron chi connectivity index (χ0n) is 23.2. The molecule has 2 amide bonds. The summed E-state index contributed by atoms with van der Waals surface area (Å²) < 4.78 is 31.2. The van der Waals surface area contributed by atoms with Crippen LogP contribution in [0.3, 0.4) is 0 Å². The molecule has 0 unspecified atom stereocenters. The molecule has 3 atom stereocenters. The van der Waals surface area contributed by atoms with Gasteiger partial charge in [-0.1, -0.05) is 51.1 Å². The molecule has 39 heavy (non-hydrogen) atoms. The Bertz CT molecular complexity index is 1190. The first-order chi connectivity index (χ1) is 18.3. The third-order valence-electron chi connectivity index (χ3n) is 6.43. The van der Waals surface area contributed by atoms with Gasteiger partial charge < -0.3 is 20.5 Å². The molecule has 11 heteroatoms. The number of methoxy groups -OCH3 is 1. The predicted molar refractivity (Wildman–Crippen MR) is 152 cm³/mol. The Balaban J connectivity index is 2.30. The average Bonchev–Trinajstić information content (AvgIpc) is 2.90. The average molecular weight is 582 g/mol. The number of aliphatic hydroxyl groups is 1. The molecule has 0 aromatic heterocycles. The second-order valence-corrected chi connectivity index (χ2v) is 12.6. The van der Waals surface area contributed by atoms with Crippen LogP contribution in [0.2, 0.25) is 0 Å². The fourth-order valence-electron chi connectivity index (χ4n) is 4.18. The smallest absolute Gasteiger partial charge is 0.244 e. The highest BCUT2D eigenvalue weighted by atomic mass is 35.5. The van der Waals surface area contributed by atoms with Crippen molar-refractivity contribution in [1.29, 1.82) is 0 Å². The summed E-state index contributed by atoms with van der Waals surface area (Å²) in [5, 5.41) is 20.1. The van der Waals surface area contributed by atoms with Gasteiger partial charge >= 0.3 is 0 Å². The van der Waals surface area contributed by atoms with E-state index in [1.165, 1.54) is 26.2 Å². The topological polar surface area (TPSA) is 134 Å². The standard InChI is InChI=1S/C28H40ClN3O6S/c1-6-28(16-21-10-8-7-9-11-21,32-26(34)25(20(2)3)31-24(33)17-29)30-18-27(4,35)19-39(36,37)23-14-12-22(38-5)13-15-23/h7-15,20,25,30,35H,6,16-19H2,1-5H3,(H,31,33)(H,32,34)/t25-,27+,28-/m0/s1. The van der Waals surface area contributed by atoms with Crippen LogP contribution in [0.4, 0.5) is 0 Å². The molecule has 9 nitrogen and oxygen atoms in total. The van der Waals surface area contributed by atoms with E-state index < -0.39 is 44.7 Å². The fraction of sp³-hybridized carbons (Fsp3) is 0.500. The van der Waals surface area contributed by atoms with Crippen LogP contribution in [-0.4, -0.2) is 67.9 Å². The molecule has 2 aromatic rings. The molecule has 4 N–H and O–H groups in total. The molecule has 0 heterocycles. The summed E-state index contributed by atoms with van der Waals surface area (Å²) in [5.74, 6) is -1.40. The number of amides is 2. The van der Waals surface area contributed by atoms with Gasteiger partial charge in [0.2, 0.25) is 11.8 Å². The molecule has 2 aromatic carbocycles. The van der Waals surface area contributed by atoms with Crippen LogP contribution in [0.25, 0.3) is 0 Å². The van der Waals surface area contributed by atoms with E-state index in [2.05, 4.69) is 16.0 Å². The van der Waals surface area contributed by atoms with Crippen LogP contribution >= 0.6 is 11.6 Å². The first-order valence-corrected chi connectivity index (χ1v) is 15.0. The Morgan fingerprint density at radius 3 is 2.21 bits per heavy atom. The predicted octanol–water partition coefficient (Wildman–Crippen LogP) is 2.65. The van der Waals surface area contributed by atoms with Gasteiger partial charge in [-0.3, -0.25) is 14.9 Å². The number of rotatable bonds is 15. The minimum atomic E-state index is -3.83. The summed E-state index contributed by atoms with van der Waals surface area (Å²) in [4.78, 5) is 25.4. The van der Waals surface area contributed by atoms with Crippen molar-refractivity contribution in [2.45, 2.75) is 62.7 Å². The Morgan fingerprint density at radius 2 is 1.69 bits per heavy atom. The highest BCUT2D eigenvalue weighted by Gasteiger charge is 2.37. The minimum absolute atomic E-state index is 0.0673. The zero-order chi connectivity index (χ0) is 29.3. The van der Waals surface area contributed by atoms with E-state index in [0.29, 0.717) is 18.6 Å². The van der Waals surface area contributed by atoms with Crippen molar-refractivity contribution in [3.8, 4) is 5.75 Å². The van der Waals surface area contributed by atoms with E-state index in [4.69, 9.17) is 16.3 Å². The second kappa shape index (κ2) is 14.1. The van der Waals surface area contributed by atoms with Crippen molar-refractivity contribution in [3.05, 3.63) is 60.2 Å².